The number of phenolic OH excluding ortho intramolecular Hbond substituents is 1. The Kier molecular flexibility index (Phi) is 7.27. The van der Waals surface area contributed by atoms with Crippen LogP contribution in [0.3, 0.4) is 0 Å². The van der Waals surface area contributed by atoms with Crippen molar-refractivity contribution in [2.24, 2.45) is 0 Å². The lowest BCUT2D eigenvalue weighted by Gasteiger charge is -2.24. The third kappa shape index (κ3) is 5.39. The third-order valence-corrected chi connectivity index (χ3v) is 7.33. The SMILES string of the molecule is O=c1c(-c2cccc3ccccc23)c(C(F)(F)F)oc2c(CN(Cc3ccccc3)Cc3ccccc3)c(O)ccc12. The van der Waals surface area contributed by atoms with E-state index in [0.717, 1.165) is 11.1 Å². The Balaban J connectivity index is 1.53. The first-order valence-electron chi connectivity index (χ1n) is 13.5. The molecule has 0 atom stereocenters. The summed E-state index contributed by atoms with van der Waals surface area (Å²) in [4.78, 5) is 15.9. The molecular formula is C35H26F3NO3. The van der Waals surface area contributed by atoms with Crippen molar-refractivity contribution in [1.82, 2.24) is 4.90 Å². The molecule has 0 bridgehead atoms. The first-order chi connectivity index (χ1) is 20.3. The van der Waals surface area contributed by atoms with Crippen LogP contribution in [0.25, 0.3) is 32.9 Å². The van der Waals surface area contributed by atoms with Crippen LogP contribution in [-0.2, 0) is 25.8 Å². The van der Waals surface area contributed by atoms with Gasteiger partial charge in [-0.1, -0.05) is 103 Å². The van der Waals surface area contributed by atoms with E-state index in [9.17, 15) is 23.1 Å². The largest absolute Gasteiger partial charge is 0.507 e. The van der Waals surface area contributed by atoms with E-state index in [1.54, 1.807) is 36.4 Å². The zero-order chi connectivity index (χ0) is 29.3. The first-order valence-corrected chi connectivity index (χ1v) is 13.5. The predicted octanol–water partition coefficient (Wildman–Crippen LogP) is 8.54. The van der Waals surface area contributed by atoms with Crippen LogP contribution in [0.5, 0.6) is 5.75 Å². The third-order valence-electron chi connectivity index (χ3n) is 7.33. The van der Waals surface area contributed by atoms with E-state index in [1.165, 1.54) is 18.2 Å². The fourth-order valence-electron chi connectivity index (χ4n) is 5.42. The van der Waals surface area contributed by atoms with Gasteiger partial charge >= 0.3 is 6.18 Å². The molecule has 6 aromatic rings. The molecule has 5 aromatic carbocycles. The van der Waals surface area contributed by atoms with Crippen LogP contribution in [0.2, 0.25) is 0 Å². The normalized spacial score (nSPS) is 11.9. The number of fused-ring (bicyclic) bond motifs is 2. The molecule has 42 heavy (non-hydrogen) atoms. The van der Waals surface area contributed by atoms with E-state index in [2.05, 4.69) is 0 Å². The van der Waals surface area contributed by atoms with E-state index >= 15 is 0 Å². The van der Waals surface area contributed by atoms with Gasteiger partial charge in [0, 0.05) is 19.6 Å². The number of hydrogen-bond donors (Lipinski definition) is 1. The van der Waals surface area contributed by atoms with E-state index in [1.807, 2.05) is 65.6 Å². The van der Waals surface area contributed by atoms with Gasteiger partial charge in [-0.05, 0) is 39.6 Å². The first kappa shape index (κ1) is 27.3. The zero-order valence-electron chi connectivity index (χ0n) is 22.4. The second kappa shape index (κ2) is 11.2. The van der Waals surface area contributed by atoms with Gasteiger partial charge in [0.05, 0.1) is 16.5 Å². The molecule has 210 valence electrons. The van der Waals surface area contributed by atoms with Gasteiger partial charge in [-0.25, -0.2) is 0 Å². The lowest BCUT2D eigenvalue weighted by atomic mass is 9.95. The summed E-state index contributed by atoms with van der Waals surface area (Å²) in [6.45, 7) is 0.951. The van der Waals surface area contributed by atoms with E-state index in [-0.39, 0.29) is 34.4 Å². The Morgan fingerprint density at radius 1 is 0.667 bits per heavy atom. The molecule has 4 nitrogen and oxygen atoms in total. The van der Waals surface area contributed by atoms with Crippen LogP contribution in [-0.4, -0.2) is 10.0 Å². The van der Waals surface area contributed by atoms with E-state index < -0.39 is 22.9 Å². The standard InChI is InChI=1S/C35H26F3NO3/c36-35(37,38)34-31(27-17-9-15-25-14-7-8-16-26(25)27)32(41)28-18-19-30(40)29(33(28)42-34)22-39(20-23-10-3-1-4-11-23)21-24-12-5-2-6-13-24/h1-19,40H,20-22H2. The fourth-order valence-corrected chi connectivity index (χ4v) is 5.42. The lowest BCUT2D eigenvalue weighted by molar-refractivity contribution is -0.152. The summed E-state index contributed by atoms with van der Waals surface area (Å²) in [6, 6.07) is 33.8. The van der Waals surface area contributed by atoms with Crippen molar-refractivity contribution in [3.05, 3.63) is 148 Å². The molecule has 0 aliphatic carbocycles. The lowest BCUT2D eigenvalue weighted by Crippen LogP contribution is -2.23. The van der Waals surface area contributed by atoms with E-state index in [0.29, 0.717) is 23.9 Å². The zero-order valence-corrected chi connectivity index (χ0v) is 22.4. The molecule has 0 fully saturated rings. The number of alkyl halides is 3. The Labute approximate surface area is 239 Å². The van der Waals surface area contributed by atoms with Crippen molar-refractivity contribution in [3.63, 3.8) is 0 Å². The van der Waals surface area contributed by atoms with Crippen LogP contribution in [0.15, 0.2) is 124 Å². The molecule has 1 N–H and O–H groups in total. The number of halogens is 3. The number of rotatable bonds is 7. The van der Waals surface area contributed by atoms with Gasteiger partial charge in [0.1, 0.15) is 11.3 Å². The van der Waals surface area contributed by atoms with Crippen molar-refractivity contribution < 1.29 is 22.7 Å². The number of hydrogen-bond acceptors (Lipinski definition) is 4. The summed E-state index contributed by atoms with van der Waals surface area (Å²) < 4.78 is 49.5. The predicted molar refractivity (Wildman–Crippen MR) is 158 cm³/mol. The minimum atomic E-state index is -4.96. The highest BCUT2D eigenvalue weighted by Gasteiger charge is 2.40. The van der Waals surface area contributed by atoms with Gasteiger partial charge in [0.25, 0.3) is 0 Å². The highest BCUT2D eigenvalue weighted by atomic mass is 19.4. The molecular weight excluding hydrogens is 539 g/mol. The minimum absolute atomic E-state index is 0.0295. The summed E-state index contributed by atoms with van der Waals surface area (Å²) in [5.74, 6) is -1.64. The number of aromatic hydroxyl groups is 1. The topological polar surface area (TPSA) is 53.7 Å². The smallest absolute Gasteiger partial charge is 0.450 e. The molecule has 1 heterocycles. The molecule has 6 rings (SSSR count). The quantitative estimate of drug-likeness (QED) is 0.211. The molecule has 0 saturated heterocycles. The van der Waals surface area contributed by atoms with Crippen LogP contribution in [0.4, 0.5) is 13.2 Å². The molecule has 0 amide bonds. The summed E-state index contributed by atoms with van der Waals surface area (Å²) in [6.07, 6.45) is -4.96. The second-order valence-corrected chi connectivity index (χ2v) is 10.2. The Morgan fingerprint density at radius 3 is 1.90 bits per heavy atom. The monoisotopic (exact) mass is 565 g/mol. The van der Waals surface area contributed by atoms with Gasteiger partial charge in [0.2, 0.25) is 11.2 Å². The van der Waals surface area contributed by atoms with Crippen LogP contribution in [0, 0.1) is 0 Å². The van der Waals surface area contributed by atoms with Gasteiger partial charge in [-0.3, -0.25) is 9.69 Å². The number of nitrogens with zero attached hydrogens (tertiary/aromatic N) is 1. The average Bonchev–Trinajstić information content (AvgIpc) is 2.99. The fraction of sp³-hybridized carbons (Fsp3) is 0.114. The highest BCUT2D eigenvalue weighted by molar-refractivity contribution is 5.99. The summed E-state index contributed by atoms with van der Waals surface area (Å²) in [5, 5.41) is 12.1. The van der Waals surface area contributed by atoms with Crippen LogP contribution >= 0.6 is 0 Å². The summed E-state index contributed by atoms with van der Waals surface area (Å²) in [5.41, 5.74) is 0.606. The second-order valence-electron chi connectivity index (χ2n) is 10.2. The highest BCUT2D eigenvalue weighted by Crippen LogP contribution is 2.41. The molecule has 0 aliphatic rings. The van der Waals surface area contributed by atoms with E-state index in [4.69, 9.17) is 4.42 Å². The Morgan fingerprint density at radius 2 is 1.26 bits per heavy atom. The van der Waals surface area contributed by atoms with Crippen molar-refractivity contribution in [1.29, 1.82) is 0 Å². The van der Waals surface area contributed by atoms with Crippen molar-refractivity contribution in [3.8, 4) is 16.9 Å². The Hall–Kier alpha value is -4.88. The molecule has 7 heteroatoms. The molecule has 0 radical (unpaired) electrons. The average molecular weight is 566 g/mol. The van der Waals surface area contributed by atoms with Gasteiger partial charge in [-0.2, -0.15) is 13.2 Å². The maximum atomic E-state index is 14.6. The van der Waals surface area contributed by atoms with Crippen molar-refractivity contribution in [2.45, 2.75) is 25.8 Å². The molecule has 1 aromatic heterocycles. The molecule has 0 saturated carbocycles. The van der Waals surface area contributed by atoms with Gasteiger partial charge in [-0.15, -0.1) is 0 Å². The molecule has 0 aliphatic heterocycles. The maximum absolute atomic E-state index is 14.6. The number of benzene rings is 5. The van der Waals surface area contributed by atoms with Crippen LogP contribution in [0.1, 0.15) is 22.5 Å². The minimum Gasteiger partial charge on any atom is -0.507 e. The number of phenols is 1. The Bertz CT molecular complexity index is 1890. The summed E-state index contributed by atoms with van der Waals surface area (Å²) in [7, 11) is 0. The van der Waals surface area contributed by atoms with Crippen molar-refractivity contribution >= 4 is 21.7 Å². The molecule has 0 unspecified atom stereocenters. The van der Waals surface area contributed by atoms with Gasteiger partial charge in [0.15, 0.2) is 0 Å². The molecule has 0 spiro atoms. The van der Waals surface area contributed by atoms with Crippen molar-refractivity contribution in [2.75, 3.05) is 0 Å². The van der Waals surface area contributed by atoms with Crippen LogP contribution < -0.4 is 5.43 Å². The maximum Gasteiger partial charge on any atom is 0.450 e. The van der Waals surface area contributed by atoms with Gasteiger partial charge < -0.3 is 9.52 Å². The summed E-state index contributed by atoms with van der Waals surface area (Å²) >= 11 is 0.